The molecule has 0 bridgehead atoms. The van der Waals surface area contributed by atoms with Gasteiger partial charge in [0.15, 0.2) is 0 Å². The fraction of sp³-hybridized carbons (Fsp3) is 0.333. The van der Waals surface area contributed by atoms with Gasteiger partial charge in [-0.05, 0) is 36.9 Å². The van der Waals surface area contributed by atoms with Crippen LogP contribution in [0.5, 0.6) is 0 Å². The fourth-order valence-electron chi connectivity index (χ4n) is 3.32. The zero-order valence-electron chi connectivity index (χ0n) is 16.5. The first-order chi connectivity index (χ1) is 14.3. The lowest BCUT2D eigenvalue weighted by Gasteiger charge is -2.38. The molecule has 6 nitrogen and oxygen atoms in total. The highest BCUT2D eigenvalue weighted by Gasteiger charge is 2.26. The Kier molecular flexibility index (Phi) is 7.07. The van der Waals surface area contributed by atoms with Gasteiger partial charge in [0.1, 0.15) is 17.5 Å². The number of nitrogens with zero attached hydrogens (tertiary/aromatic N) is 2. The molecule has 9 heteroatoms. The second-order valence-corrected chi connectivity index (χ2v) is 7.19. The van der Waals surface area contributed by atoms with E-state index in [1.165, 1.54) is 12.1 Å². The van der Waals surface area contributed by atoms with E-state index in [4.69, 9.17) is 0 Å². The van der Waals surface area contributed by atoms with Gasteiger partial charge < -0.3 is 15.5 Å². The van der Waals surface area contributed by atoms with E-state index in [-0.39, 0.29) is 18.4 Å². The minimum Gasteiger partial charge on any atom is -0.346 e. The van der Waals surface area contributed by atoms with Crippen LogP contribution in [0.4, 0.5) is 18.9 Å². The summed E-state index contributed by atoms with van der Waals surface area (Å²) in [5.41, 5.74) is 0.391. The Balaban J connectivity index is 1.66. The van der Waals surface area contributed by atoms with Crippen molar-refractivity contribution < 1.29 is 22.8 Å². The Bertz CT molecular complexity index is 900. The maximum atomic E-state index is 13.7. The third kappa shape index (κ3) is 5.58. The molecule has 1 aliphatic rings. The molecule has 0 spiro atoms. The fourth-order valence-corrected chi connectivity index (χ4v) is 3.32. The first kappa shape index (κ1) is 21.8. The lowest BCUT2D eigenvalue weighted by Crippen LogP contribution is -2.49. The van der Waals surface area contributed by atoms with Crippen LogP contribution in [0, 0.1) is 17.5 Å². The van der Waals surface area contributed by atoms with Crippen molar-refractivity contribution >= 4 is 17.5 Å². The maximum absolute atomic E-state index is 13.7. The predicted molar refractivity (Wildman–Crippen MR) is 106 cm³/mol. The van der Waals surface area contributed by atoms with Crippen LogP contribution >= 0.6 is 0 Å². The molecule has 0 radical (unpaired) electrons. The molecule has 1 saturated heterocycles. The van der Waals surface area contributed by atoms with Crippen molar-refractivity contribution in [2.75, 3.05) is 45.1 Å². The van der Waals surface area contributed by atoms with Crippen LogP contribution in [0.2, 0.25) is 0 Å². The standard InChI is InChI=1S/C21H23F3N4O2/c1-27-8-10-28(11-9-27)19(14-2-4-15(22)5-3-14)13-25-20(29)21(30)26-18-12-16(23)6-7-17(18)24/h2-7,12,19H,8-11,13H2,1H3,(H,25,29)(H,26,30). The van der Waals surface area contributed by atoms with Crippen molar-refractivity contribution in [1.29, 1.82) is 0 Å². The molecular formula is C21H23F3N4O2. The summed E-state index contributed by atoms with van der Waals surface area (Å²) < 4.78 is 40.3. The van der Waals surface area contributed by atoms with E-state index in [1.54, 1.807) is 12.1 Å². The van der Waals surface area contributed by atoms with E-state index in [9.17, 15) is 22.8 Å². The van der Waals surface area contributed by atoms with E-state index in [1.807, 2.05) is 7.05 Å². The molecule has 2 aromatic rings. The minimum atomic E-state index is -1.10. The molecular weight excluding hydrogens is 397 g/mol. The van der Waals surface area contributed by atoms with Crippen LogP contribution in [0.25, 0.3) is 0 Å². The number of anilines is 1. The molecule has 0 aromatic heterocycles. The van der Waals surface area contributed by atoms with Gasteiger partial charge in [0, 0.05) is 38.8 Å². The number of carbonyl (C=O) groups excluding carboxylic acids is 2. The van der Waals surface area contributed by atoms with Crippen molar-refractivity contribution in [3.8, 4) is 0 Å². The minimum absolute atomic E-state index is 0.104. The zero-order chi connectivity index (χ0) is 21.7. The summed E-state index contributed by atoms with van der Waals surface area (Å²) in [4.78, 5) is 28.7. The summed E-state index contributed by atoms with van der Waals surface area (Å²) in [6.45, 7) is 3.27. The van der Waals surface area contributed by atoms with Crippen LogP contribution in [0.15, 0.2) is 42.5 Å². The Morgan fingerprint density at radius 3 is 2.23 bits per heavy atom. The first-order valence-electron chi connectivity index (χ1n) is 9.56. The van der Waals surface area contributed by atoms with Gasteiger partial charge in [0.2, 0.25) is 0 Å². The van der Waals surface area contributed by atoms with Gasteiger partial charge in [-0.1, -0.05) is 12.1 Å². The lowest BCUT2D eigenvalue weighted by molar-refractivity contribution is -0.136. The summed E-state index contributed by atoms with van der Waals surface area (Å²) in [6.07, 6.45) is 0. The van der Waals surface area contributed by atoms with E-state index < -0.39 is 29.1 Å². The van der Waals surface area contributed by atoms with Crippen molar-refractivity contribution in [1.82, 2.24) is 15.1 Å². The van der Waals surface area contributed by atoms with Crippen molar-refractivity contribution in [2.24, 2.45) is 0 Å². The second kappa shape index (κ2) is 9.73. The molecule has 2 amide bonds. The summed E-state index contributed by atoms with van der Waals surface area (Å²) in [5, 5.41) is 4.61. The number of nitrogens with one attached hydrogen (secondary N) is 2. The Morgan fingerprint density at radius 1 is 0.933 bits per heavy atom. The largest absolute Gasteiger partial charge is 0.346 e. The summed E-state index contributed by atoms with van der Waals surface area (Å²) >= 11 is 0. The normalized spacial score (nSPS) is 16.1. The van der Waals surface area contributed by atoms with Crippen LogP contribution < -0.4 is 10.6 Å². The van der Waals surface area contributed by atoms with E-state index >= 15 is 0 Å². The van der Waals surface area contributed by atoms with E-state index in [2.05, 4.69) is 20.4 Å². The molecule has 1 aliphatic heterocycles. The number of carbonyl (C=O) groups is 2. The number of piperazine rings is 1. The number of rotatable bonds is 5. The van der Waals surface area contributed by atoms with Crippen LogP contribution in [-0.2, 0) is 9.59 Å². The van der Waals surface area contributed by atoms with Gasteiger partial charge in [0.25, 0.3) is 0 Å². The monoisotopic (exact) mass is 420 g/mol. The molecule has 160 valence electrons. The van der Waals surface area contributed by atoms with Gasteiger partial charge in [-0.2, -0.15) is 0 Å². The maximum Gasteiger partial charge on any atom is 0.313 e. The average molecular weight is 420 g/mol. The molecule has 1 atom stereocenters. The molecule has 30 heavy (non-hydrogen) atoms. The third-order valence-corrected chi connectivity index (χ3v) is 5.07. The van der Waals surface area contributed by atoms with E-state index in [0.29, 0.717) is 0 Å². The van der Waals surface area contributed by atoms with Gasteiger partial charge in [-0.3, -0.25) is 14.5 Å². The molecule has 2 N–H and O–H groups in total. The van der Waals surface area contributed by atoms with Crippen molar-refractivity contribution in [3.05, 3.63) is 65.5 Å². The lowest BCUT2D eigenvalue weighted by atomic mass is 10.0. The SMILES string of the molecule is CN1CCN(C(CNC(=O)C(=O)Nc2cc(F)ccc2F)c2ccc(F)cc2)CC1. The zero-order valence-corrected chi connectivity index (χ0v) is 16.5. The van der Waals surface area contributed by atoms with Crippen LogP contribution in [0.1, 0.15) is 11.6 Å². The third-order valence-electron chi connectivity index (χ3n) is 5.07. The molecule has 0 aliphatic carbocycles. The number of likely N-dealkylation sites (N-methyl/N-ethyl adjacent to an activating group) is 1. The molecule has 1 unspecified atom stereocenters. The molecule has 0 saturated carbocycles. The van der Waals surface area contributed by atoms with Gasteiger partial charge >= 0.3 is 11.8 Å². The highest BCUT2D eigenvalue weighted by molar-refractivity contribution is 6.39. The molecule has 1 fully saturated rings. The first-order valence-corrected chi connectivity index (χ1v) is 9.56. The van der Waals surface area contributed by atoms with Crippen LogP contribution in [-0.4, -0.2) is 61.4 Å². The summed E-state index contributed by atoms with van der Waals surface area (Å²) in [7, 11) is 2.02. The van der Waals surface area contributed by atoms with Crippen molar-refractivity contribution in [3.63, 3.8) is 0 Å². The van der Waals surface area contributed by atoms with Gasteiger partial charge in [-0.15, -0.1) is 0 Å². The molecule has 2 aromatic carbocycles. The topological polar surface area (TPSA) is 64.7 Å². The second-order valence-electron chi connectivity index (χ2n) is 7.19. The number of hydrogen-bond donors (Lipinski definition) is 2. The van der Waals surface area contributed by atoms with Crippen molar-refractivity contribution in [2.45, 2.75) is 6.04 Å². The number of halogens is 3. The molecule has 3 rings (SSSR count). The summed E-state index contributed by atoms with van der Waals surface area (Å²) in [5.74, 6) is -4.02. The van der Waals surface area contributed by atoms with Gasteiger partial charge in [-0.25, -0.2) is 13.2 Å². The van der Waals surface area contributed by atoms with E-state index in [0.717, 1.165) is 49.9 Å². The quantitative estimate of drug-likeness (QED) is 0.728. The predicted octanol–water partition coefficient (Wildman–Crippen LogP) is 2.15. The Hall–Kier alpha value is -2.91. The Labute approximate surface area is 172 Å². The number of amides is 2. The number of benzene rings is 2. The number of hydrogen-bond acceptors (Lipinski definition) is 4. The van der Waals surface area contributed by atoms with Crippen LogP contribution in [0.3, 0.4) is 0 Å². The highest BCUT2D eigenvalue weighted by Crippen LogP contribution is 2.22. The smallest absolute Gasteiger partial charge is 0.313 e. The summed E-state index contributed by atoms with van der Waals surface area (Å²) in [6, 6.07) is 8.29. The molecule has 1 heterocycles. The Morgan fingerprint density at radius 2 is 1.57 bits per heavy atom. The average Bonchev–Trinajstić information content (AvgIpc) is 2.73. The highest BCUT2D eigenvalue weighted by atomic mass is 19.1. The van der Waals surface area contributed by atoms with Gasteiger partial charge in [0.05, 0.1) is 11.7 Å².